The van der Waals surface area contributed by atoms with Crippen LogP contribution in [0.5, 0.6) is 0 Å². The second-order valence-corrected chi connectivity index (χ2v) is 7.32. The van der Waals surface area contributed by atoms with Crippen LogP contribution in [0.2, 0.25) is 0 Å². The van der Waals surface area contributed by atoms with Crippen LogP contribution >= 0.6 is 0 Å². The number of nitrogens with zero attached hydrogens (tertiary/aromatic N) is 4. The van der Waals surface area contributed by atoms with Gasteiger partial charge < -0.3 is 9.47 Å². The van der Waals surface area contributed by atoms with Crippen molar-refractivity contribution in [2.45, 2.75) is 33.3 Å². The Balaban J connectivity index is 1.90. The molecule has 0 saturated carbocycles. The lowest BCUT2D eigenvalue weighted by atomic mass is 10.2. The van der Waals surface area contributed by atoms with E-state index in [0.29, 0.717) is 22.8 Å². The van der Waals surface area contributed by atoms with Crippen LogP contribution < -0.4 is 5.32 Å². The molecule has 0 spiro atoms. The van der Waals surface area contributed by atoms with E-state index in [0.717, 1.165) is 0 Å². The molecule has 156 valence electrons. The number of esters is 1. The number of hydrogen-bond donors (Lipinski definition) is 1. The molecule has 9 heteroatoms. The van der Waals surface area contributed by atoms with Crippen molar-refractivity contribution in [2.75, 3.05) is 11.9 Å². The number of aromatic nitrogens is 4. The molecule has 0 saturated heterocycles. The van der Waals surface area contributed by atoms with Crippen LogP contribution in [0.25, 0.3) is 17.1 Å². The van der Waals surface area contributed by atoms with Crippen LogP contribution in [-0.4, -0.2) is 44.0 Å². The predicted molar refractivity (Wildman–Crippen MR) is 110 cm³/mol. The van der Waals surface area contributed by atoms with Gasteiger partial charge in [0.15, 0.2) is 5.69 Å². The summed E-state index contributed by atoms with van der Waals surface area (Å²) in [6, 6.07) is 8.60. The Morgan fingerprint density at radius 1 is 1.17 bits per heavy atom. The van der Waals surface area contributed by atoms with Crippen LogP contribution in [0.4, 0.5) is 10.5 Å². The zero-order valence-electron chi connectivity index (χ0n) is 17.2. The van der Waals surface area contributed by atoms with E-state index in [-0.39, 0.29) is 12.3 Å². The van der Waals surface area contributed by atoms with Crippen molar-refractivity contribution in [1.82, 2.24) is 19.7 Å². The number of nitrogens with one attached hydrogen (secondary N) is 1. The summed E-state index contributed by atoms with van der Waals surface area (Å²) in [5.41, 5.74) is 1.84. The van der Waals surface area contributed by atoms with Crippen molar-refractivity contribution in [3.8, 4) is 17.1 Å². The fraction of sp³-hybridized carbons (Fsp3) is 0.286. The third-order valence-corrected chi connectivity index (χ3v) is 3.76. The van der Waals surface area contributed by atoms with Crippen LogP contribution in [-0.2, 0) is 9.47 Å². The van der Waals surface area contributed by atoms with Crippen molar-refractivity contribution >= 4 is 17.7 Å². The summed E-state index contributed by atoms with van der Waals surface area (Å²) in [6.07, 6.45) is 4.21. The lowest BCUT2D eigenvalue weighted by molar-refractivity contribution is 0.0518. The predicted octanol–water partition coefficient (Wildman–Crippen LogP) is 3.85. The average Bonchev–Trinajstić information content (AvgIpc) is 3.13. The molecule has 0 unspecified atom stereocenters. The number of ether oxygens (including phenoxy) is 2. The smallest absolute Gasteiger partial charge is 0.412 e. The van der Waals surface area contributed by atoms with Gasteiger partial charge in [-0.25, -0.2) is 14.3 Å². The van der Waals surface area contributed by atoms with Crippen molar-refractivity contribution in [3.05, 3.63) is 54.6 Å². The van der Waals surface area contributed by atoms with Gasteiger partial charge in [0.05, 0.1) is 41.8 Å². The summed E-state index contributed by atoms with van der Waals surface area (Å²) in [5.74, 6) is -0.524. The highest BCUT2D eigenvalue weighted by molar-refractivity contribution is 5.89. The lowest BCUT2D eigenvalue weighted by Gasteiger charge is -2.19. The van der Waals surface area contributed by atoms with Gasteiger partial charge in [0.25, 0.3) is 0 Å². The monoisotopic (exact) mass is 409 g/mol. The first-order valence-corrected chi connectivity index (χ1v) is 9.41. The van der Waals surface area contributed by atoms with Gasteiger partial charge in [0.1, 0.15) is 5.60 Å². The highest BCUT2D eigenvalue weighted by Gasteiger charge is 2.19. The van der Waals surface area contributed by atoms with E-state index in [4.69, 9.17) is 9.47 Å². The number of carbonyl (C=O) groups excluding carboxylic acids is 2. The summed E-state index contributed by atoms with van der Waals surface area (Å²) < 4.78 is 11.9. The lowest BCUT2D eigenvalue weighted by Crippen LogP contribution is -2.27. The third-order valence-electron chi connectivity index (χ3n) is 3.76. The Labute approximate surface area is 174 Å². The number of anilines is 1. The molecule has 0 fully saturated rings. The maximum absolute atomic E-state index is 12.2. The molecule has 1 N–H and O–H groups in total. The van der Waals surface area contributed by atoms with Crippen molar-refractivity contribution < 1.29 is 19.1 Å². The Bertz CT molecular complexity index is 1020. The van der Waals surface area contributed by atoms with E-state index >= 15 is 0 Å². The molecule has 3 aromatic heterocycles. The molecular formula is C21H23N5O4. The van der Waals surface area contributed by atoms with Gasteiger partial charge in [-0.05, 0) is 52.0 Å². The molecule has 30 heavy (non-hydrogen) atoms. The minimum absolute atomic E-state index is 0.161. The van der Waals surface area contributed by atoms with Gasteiger partial charge in [0, 0.05) is 12.3 Å². The summed E-state index contributed by atoms with van der Waals surface area (Å²) in [7, 11) is 0. The molecule has 9 nitrogen and oxygen atoms in total. The van der Waals surface area contributed by atoms with Gasteiger partial charge >= 0.3 is 12.1 Å². The van der Waals surface area contributed by atoms with Crippen LogP contribution in [0.15, 0.2) is 48.9 Å². The Hall–Kier alpha value is -3.75. The van der Waals surface area contributed by atoms with Crippen LogP contribution in [0.3, 0.4) is 0 Å². The third kappa shape index (κ3) is 5.19. The van der Waals surface area contributed by atoms with E-state index < -0.39 is 17.7 Å². The van der Waals surface area contributed by atoms with Gasteiger partial charge in [-0.15, -0.1) is 0 Å². The Morgan fingerprint density at radius 2 is 1.97 bits per heavy atom. The van der Waals surface area contributed by atoms with Gasteiger partial charge in [-0.3, -0.25) is 15.3 Å². The SMILES string of the molecule is CCOC(=O)c1cc(-c2ccc(NC(=O)OC(C)(C)C)cn2)n(-c2cccnc2)n1. The molecule has 0 atom stereocenters. The number of amides is 1. The highest BCUT2D eigenvalue weighted by atomic mass is 16.6. The fourth-order valence-corrected chi connectivity index (χ4v) is 2.58. The van der Waals surface area contributed by atoms with Crippen LogP contribution in [0, 0.1) is 0 Å². The molecule has 1 amide bonds. The van der Waals surface area contributed by atoms with Gasteiger partial charge in [-0.1, -0.05) is 0 Å². The normalized spacial score (nSPS) is 11.1. The first-order chi connectivity index (χ1) is 14.3. The molecule has 0 aliphatic carbocycles. The molecular weight excluding hydrogens is 386 g/mol. The number of rotatable bonds is 5. The summed E-state index contributed by atoms with van der Waals surface area (Å²) in [5, 5.41) is 6.99. The summed E-state index contributed by atoms with van der Waals surface area (Å²) >= 11 is 0. The molecule has 3 heterocycles. The molecule has 0 radical (unpaired) electrons. The second-order valence-electron chi connectivity index (χ2n) is 7.32. The first-order valence-electron chi connectivity index (χ1n) is 9.41. The minimum atomic E-state index is -0.600. The molecule has 0 bridgehead atoms. The molecule has 0 aromatic carbocycles. The maximum atomic E-state index is 12.2. The van der Waals surface area contributed by atoms with E-state index in [1.54, 1.807) is 69.0 Å². The number of hydrogen-bond acceptors (Lipinski definition) is 7. The van der Waals surface area contributed by atoms with E-state index in [9.17, 15) is 9.59 Å². The Kier molecular flexibility index (Phi) is 6.10. The molecule has 0 aliphatic heterocycles. The van der Waals surface area contributed by atoms with Crippen molar-refractivity contribution in [2.24, 2.45) is 0 Å². The molecule has 3 rings (SSSR count). The zero-order chi connectivity index (χ0) is 21.7. The first kappa shape index (κ1) is 21.0. The minimum Gasteiger partial charge on any atom is -0.461 e. The molecule has 3 aromatic rings. The van der Waals surface area contributed by atoms with Crippen molar-refractivity contribution in [3.63, 3.8) is 0 Å². The van der Waals surface area contributed by atoms with Crippen molar-refractivity contribution in [1.29, 1.82) is 0 Å². The molecule has 0 aliphatic rings. The maximum Gasteiger partial charge on any atom is 0.412 e. The quantitative estimate of drug-likeness (QED) is 0.638. The van der Waals surface area contributed by atoms with E-state index in [2.05, 4.69) is 20.4 Å². The standard InChI is InChI=1S/C21H23N5O4/c1-5-29-19(27)17-11-18(26(25-17)15-7-6-10-22-13-15)16-9-8-14(12-23-16)24-20(28)30-21(2,3)4/h6-13H,5H2,1-4H3,(H,24,28). The zero-order valence-corrected chi connectivity index (χ0v) is 17.2. The topological polar surface area (TPSA) is 108 Å². The van der Waals surface area contributed by atoms with Gasteiger partial charge in [-0.2, -0.15) is 5.10 Å². The van der Waals surface area contributed by atoms with Crippen LogP contribution in [0.1, 0.15) is 38.2 Å². The Morgan fingerprint density at radius 3 is 2.57 bits per heavy atom. The second kappa shape index (κ2) is 8.73. The summed E-state index contributed by atoms with van der Waals surface area (Å²) in [4.78, 5) is 32.6. The highest BCUT2D eigenvalue weighted by Crippen LogP contribution is 2.24. The van der Waals surface area contributed by atoms with E-state index in [1.165, 1.54) is 6.20 Å². The summed E-state index contributed by atoms with van der Waals surface area (Å²) in [6.45, 7) is 7.34. The largest absolute Gasteiger partial charge is 0.461 e. The number of pyridine rings is 2. The number of carbonyl (C=O) groups is 2. The van der Waals surface area contributed by atoms with Gasteiger partial charge in [0.2, 0.25) is 0 Å². The average molecular weight is 409 g/mol. The fourth-order valence-electron chi connectivity index (χ4n) is 2.58. The van der Waals surface area contributed by atoms with E-state index in [1.807, 2.05) is 6.07 Å².